The molecule has 0 aliphatic rings. The van der Waals surface area contributed by atoms with Gasteiger partial charge >= 0.3 is 0 Å². The molecule has 0 saturated heterocycles. The first-order chi connectivity index (χ1) is 9.40. The van der Waals surface area contributed by atoms with Gasteiger partial charge in [-0.2, -0.15) is 0 Å². The Labute approximate surface area is 112 Å². The minimum Gasteiger partial charge on any atom is -0.476 e. The van der Waals surface area contributed by atoms with Crippen molar-refractivity contribution in [3.63, 3.8) is 0 Å². The number of aromatic nitrogens is 2. The SMILES string of the molecule is CCCOc1nc[nH]c1-c1cccc2ccccc12. The summed E-state index contributed by atoms with van der Waals surface area (Å²) in [7, 11) is 0. The van der Waals surface area contributed by atoms with E-state index in [1.165, 1.54) is 10.8 Å². The van der Waals surface area contributed by atoms with Crippen molar-refractivity contribution in [2.45, 2.75) is 13.3 Å². The molecule has 1 N–H and O–H groups in total. The second-order valence-corrected chi connectivity index (χ2v) is 4.46. The zero-order valence-corrected chi connectivity index (χ0v) is 10.9. The van der Waals surface area contributed by atoms with Crippen LogP contribution in [0, 0.1) is 0 Å². The lowest BCUT2D eigenvalue weighted by molar-refractivity contribution is 0.308. The van der Waals surface area contributed by atoms with Gasteiger partial charge in [0.1, 0.15) is 5.69 Å². The molecule has 2 aromatic carbocycles. The van der Waals surface area contributed by atoms with E-state index in [-0.39, 0.29) is 0 Å². The third kappa shape index (κ3) is 2.19. The van der Waals surface area contributed by atoms with Crippen LogP contribution >= 0.6 is 0 Å². The molecule has 0 unspecified atom stereocenters. The first kappa shape index (κ1) is 11.8. The molecule has 1 aromatic heterocycles. The Morgan fingerprint density at radius 3 is 2.84 bits per heavy atom. The summed E-state index contributed by atoms with van der Waals surface area (Å²) in [5.41, 5.74) is 2.08. The third-order valence-corrected chi connectivity index (χ3v) is 3.11. The van der Waals surface area contributed by atoms with Gasteiger partial charge in [-0.1, -0.05) is 49.4 Å². The predicted octanol–water partition coefficient (Wildman–Crippen LogP) is 4.02. The summed E-state index contributed by atoms with van der Waals surface area (Å²) in [6.07, 6.45) is 2.66. The number of hydrogen-bond donors (Lipinski definition) is 1. The number of ether oxygens (including phenoxy) is 1. The molecule has 0 aliphatic carbocycles. The van der Waals surface area contributed by atoms with Crippen molar-refractivity contribution < 1.29 is 4.74 Å². The molecule has 19 heavy (non-hydrogen) atoms. The van der Waals surface area contributed by atoms with Gasteiger partial charge in [0.2, 0.25) is 5.88 Å². The van der Waals surface area contributed by atoms with E-state index in [4.69, 9.17) is 4.74 Å². The van der Waals surface area contributed by atoms with Crippen molar-refractivity contribution in [2.24, 2.45) is 0 Å². The maximum absolute atomic E-state index is 5.69. The third-order valence-electron chi connectivity index (χ3n) is 3.11. The first-order valence-corrected chi connectivity index (χ1v) is 6.54. The Hall–Kier alpha value is -2.29. The van der Waals surface area contributed by atoms with Crippen LogP contribution in [0.5, 0.6) is 5.88 Å². The van der Waals surface area contributed by atoms with Gasteiger partial charge in [0, 0.05) is 5.56 Å². The lowest BCUT2D eigenvalue weighted by Gasteiger charge is -2.07. The van der Waals surface area contributed by atoms with Crippen molar-refractivity contribution in [1.82, 2.24) is 9.97 Å². The number of rotatable bonds is 4. The van der Waals surface area contributed by atoms with Crippen molar-refractivity contribution in [1.29, 1.82) is 0 Å². The van der Waals surface area contributed by atoms with Crippen molar-refractivity contribution in [3.8, 4) is 17.1 Å². The van der Waals surface area contributed by atoms with Gasteiger partial charge in [-0.15, -0.1) is 0 Å². The number of aromatic amines is 1. The van der Waals surface area contributed by atoms with Gasteiger partial charge in [0.05, 0.1) is 12.9 Å². The molecular weight excluding hydrogens is 236 g/mol. The number of hydrogen-bond acceptors (Lipinski definition) is 2. The number of fused-ring (bicyclic) bond motifs is 1. The second-order valence-electron chi connectivity index (χ2n) is 4.46. The van der Waals surface area contributed by atoms with E-state index in [1.807, 2.05) is 6.07 Å². The molecule has 3 heteroatoms. The Bertz CT molecular complexity index is 683. The molecule has 3 nitrogen and oxygen atoms in total. The Kier molecular flexibility index (Phi) is 3.19. The standard InChI is InChI=1S/C16H16N2O/c1-2-10-19-16-15(17-11-18-16)14-9-5-7-12-6-3-4-8-13(12)14/h3-9,11H,2,10H2,1H3,(H,17,18). The normalized spacial score (nSPS) is 10.8. The van der Waals surface area contributed by atoms with E-state index in [2.05, 4.69) is 53.3 Å². The van der Waals surface area contributed by atoms with Gasteiger partial charge in [0.25, 0.3) is 0 Å². The van der Waals surface area contributed by atoms with E-state index < -0.39 is 0 Å². The smallest absolute Gasteiger partial charge is 0.239 e. The Morgan fingerprint density at radius 2 is 1.95 bits per heavy atom. The molecule has 0 spiro atoms. The van der Waals surface area contributed by atoms with Crippen LogP contribution in [0.4, 0.5) is 0 Å². The van der Waals surface area contributed by atoms with Crippen LogP contribution in [0.25, 0.3) is 22.0 Å². The number of nitrogens with one attached hydrogen (secondary N) is 1. The average molecular weight is 252 g/mol. The fraction of sp³-hybridized carbons (Fsp3) is 0.188. The summed E-state index contributed by atoms with van der Waals surface area (Å²) >= 11 is 0. The van der Waals surface area contributed by atoms with E-state index in [0.29, 0.717) is 12.5 Å². The summed E-state index contributed by atoms with van der Waals surface area (Å²) in [6.45, 7) is 2.77. The van der Waals surface area contributed by atoms with Gasteiger partial charge in [-0.25, -0.2) is 4.98 Å². The van der Waals surface area contributed by atoms with Crippen LogP contribution in [0.3, 0.4) is 0 Å². The Morgan fingerprint density at radius 1 is 1.11 bits per heavy atom. The van der Waals surface area contributed by atoms with Crippen LogP contribution in [0.15, 0.2) is 48.8 Å². The molecule has 0 amide bonds. The molecule has 0 fully saturated rings. The predicted molar refractivity (Wildman–Crippen MR) is 77.3 cm³/mol. The van der Waals surface area contributed by atoms with E-state index in [1.54, 1.807) is 6.33 Å². The van der Waals surface area contributed by atoms with Crippen LogP contribution in [0.1, 0.15) is 13.3 Å². The lowest BCUT2D eigenvalue weighted by atomic mass is 10.0. The summed E-state index contributed by atoms with van der Waals surface area (Å²) in [5, 5.41) is 2.42. The average Bonchev–Trinajstić information content (AvgIpc) is 2.92. The van der Waals surface area contributed by atoms with Gasteiger partial charge < -0.3 is 9.72 Å². The monoisotopic (exact) mass is 252 g/mol. The molecular formula is C16H16N2O. The zero-order chi connectivity index (χ0) is 13.1. The number of imidazole rings is 1. The molecule has 96 valence electrons. The minimum atomic E-state index is 0.679. The second kappa shape index (κ2) is 5.14. The quantitative estimate of drug-likeness (QED) is 0.761. The molecule has 0 bridgehead atoms. The molecule has 0 atom stereocenters. The summed E-state index contributed by atoms with van der Waals surface area (Å²) in [4.78, 5) is 7.45. The van der Waals surface area contributed by atoms with Gasteiger partial charge in [-0.3, -0.25) is 0 Å². The van der Waals surface area contributed by atoms with Crippen molar-refractivity contribution in [3.05, 3.63) is 48.8 Å². The highest BCUT2D eigenvalue weighted by molar-refractivity contribution is 5.96. The number of benzene rings is 2. The molecule has 3 rings (SSSR count). The van der Waals surface area contributed by atoms with Gasteiger partial charge in [0.15, 0.2) is 0 Å². The van der Waals surface area contributed by atoms with E-state index in [0.717, 1.165) is 17.7 Å². The molecule has 0 radical (unpaired) electrons. The Balaban J connectivity index is 2.12. The highest BCUT2D eigenvalue weighted by Gasteiger charge is 2.11. The fourth-order valence-corrected chi connectivity index (χ4v) is 2.23. The fourth-order valence-electron chi connectivity index (χ4n) is 2.23. The number of nitrogens with zero attached hydrogens (tertiary/aromatic N) is 1. The summed E-state index contributed by atoms with van der Waals surface area (Å²) in [6, 6.07) is 14.6. The van der Waals surface area contributed by atoms with Crippen LogP contribution < -0.4 is 4.74 Å². The number of H-pyrrole nitrogens is 1. The summed E-state index contributed by atoms with van der Waals surface area (Å²) < 4.78 is 5.69. The molecule has 3 aromatic rings. The summed E-state index contributed by atoms with van der Waals surface area (Å²) in [5.74, 6) is 0.679. The zero-order valence-electron chi connectivity index (χ0n) is 10.9. The minimum absolute atomic E-state index is 0.679. The largest absolute Gasteiger partial charge is 0.476 e. The topological polar surface area (TPSA) is 37.9 Å². The lowest BCUT2D eigenvalue weighted by Crippen LogP contribution is -1.96. The first-order valence-electron chi connectivity index (χ1n) is 6.54. The van der Waals surface area contributed by atoms with E-state index >= 15 is 0 Å². The maximum Gasteiger partial charge on any atom is 0.239 e. The highest BCUT2D eigenvalue weighted by atomic mass is 16.5. The van der Waals surface area contributed by atoms with E-state index in [9.17, 15) is 0 Å². The molecule has 0 aliphatic heterocycles. The molecule has 0 saturated carbocycles. The van der Waals surface area contributed by atoms with Crippen molar-refractivity contribution in [2.75, 3.05) is 6.61 Å². The van der Waals surface area contributed by atoms with Crippen LogP contribution in [0.2, 0.25) is 0 Å². The maximum atomic E-state index is 5.69. The highest BCUT2D eigenvalue weighted by Crippen LogP contribution is 2.32. The van der Waals surface area contributed by atoms with Crippen LogP contribution in [-0.4, -0.2) is 16.6 Å². The molecule has 1 heterocycles. The van der Waals surface area contributed by atoms with Crippen LogP contribution in [-0.2, 0) is 0 Å². The van der Waals surface area contributed by atoms with Crippen molar-refractivity contribution >= 4 is 10.8 Å². The van der Waals surface area contributed by atoms with Gasteiger partial charge in [-0.05, 0) is 17.2 Å².